The fourth-order valence-electron chi connectivity index (χ4n) is 5.14. The van der Waals surface area contributed by atoms with E-state index in [1.807, 2.05) is 37.3 Å². The van der Waals surface area contributed by atoms with Crippen LogP contribution >= 0.6 is 7.37 Å². The van der Waals surface area contributed by atoms with Crippen LogP contribution in [0.4, 0.5) is 0 Å². The first-order valence-electron chi connectivity index (χ1n) is 15.6. The Morgan fingerprint density at radius 3 is 2.44 bits per heavy atom. The van der Waals surface area contributed by atoms with E-state index >= 15 is 0 Å². The molecule has 1 heterocycles. The lowest BCUT2D eigenvalue weighted by molar-refractivity contribution is -0.200. The maximum atomic E-state index is 13.5. The molecule has 10 nitrogen and oxygen atoms in total. The minimum absolute atomic E-state index is 0.0677. The van der Waals surface area contributed by atoms with Crippen molar-refractivity contribution >= 4 is 30.9 Å². The van der Waals surface area contributed by atoms with Crippen LogP contribution in [-0.2, 0) is 30.1 Å². The van der Waals surface area contributed by atoms with E-state index in [0.717, 1.165) is 31.2 Å². The highest BCUT2D eigenvalue weighted by atomic mass is 31.2. The summed E-state index contributed by atoms with van der Waals surface area (Å²) in [6, 6.07) is 19.3. The van der Waals surface area contributed by atoms with Crippen LogP contribution in [0, 0.1) is 5.92 Å². The number of hydroxylamine groups is 2. The maximum Gasteiger partial charge on any atom is 0.288 e. The van der Waals surface area contributed by atoms with Gasteiger partial charge in [-0.3, -0.25) is 23.8 Å². The average Bonchev–Trinajstić information content (AvgIpc) is 3.55. The van der Waals surface area contributed by atoms with Gasteiger partial charge in [0, 0.05) is 17.5 Å². The van der Waals surface area contributed by atoms with Crippen molar-refractivity contribution in [2.75, 3.05) is 19.9 Å². The van der Waals surface area contributed by atoms with Gasteiger partial charge in [-0.1, -0.05) is 82.0 Å². The van der Waals surface area contributed by atoms with Crippen LogP contribution in [0.3, 0.4) is 0 Å². The van der Waals surface area contributed by atoms with E-state index in [0.29, 0.717) is 42.5 Å². The lowest BCUT2D eigenvalue weighted by Gasteiger charge is -2.32. The molecule has 0 aliphatic heterocycles. The highest BCUT2D eigenvalue weighted by Gasteiger charge is 2.32. The summed E-state index contributed by atoms with van der Waals surface area (Å²) in [5.41, 5.74) is 1.57. The molecular weight excluding hydrogens is 593 g/mol. The quantitative estimate of drug-likeness (QED) is 0.0490. The molecule has 3 atom stereocenters. The predicted octanol–water partition coefficient (Wildman–Crippen LogP) is 6.28. The molecule has 0 fully saturated rings. The second-order valence-electron chi connectivity index (χ2n) is 10.9. The standard InChI is InChI=1S/C34H46N3O7P/c1-5-8-9-13-19-29(30(6-2)37(25-38)42-23-26-15-11-10-12-16-26)33(39)35-24-36-34(40)32-21-20-31(44-32)27-17-14-18-28(22-27)45(4,41)43-7-3/h10-12,14-18,20-22,25,29-30H,5-9,13,19,23-24H2,1-4H3,(H,35,39)(H,36,40)/t29-,30-,45?/m1/s1. The average molecular weight is 640 g/mol. The van der Waals surface area contributed by atoms with Gasteiger partial charge in [0.1, 0.15) is 12.4 Å². The number of carbonyl (C=O) groups is 3. The molecule has 3 rings (SSSR count). The van der Waals surface area contributed by atoms with Crippen LogP contribution in [0.25, 0.3) is 11.3 Å². The van der Waals surface area contributed by atoms with E-state index in [4.69, 9.17) is 13.8 Å². The van der Waals surface area contributed by atoms with E-state index in [-0.39, 0.29) is 24.9 Å². The molecule has 45 heavy (non-hydrogen) atoms. The summed E-state index contributed by atoms with van der Waals surface area (Å²) < 4.78 is 24.1. The zero-order chi connectivity index (χ0) is 32.7. The first kappa shape index (κ1) is 35.8. The number of nitrogens with one attached hydrogen (secondary N) is 2. The van der Waals surface area contributed by atoms with Gasteiger partial charge in [-0.2, -0.15) is 0 Å². The van der Waals surface area contributed by atoms with Gasteiger partial charge in [0.05, 0.1) is 25.2 Å². The number of rotatable bonds is 20. The van der Waals surface area contributed by atoms with Crippen molar-refractivity contribution < 1.29 is 32.7 Å². The molecule has 2 N–H and O–H groups in total. The summed E-state index contributed by atoms with van der Waals surface area (Å²) in [5, 5.41) is 7.30. The highest BCUT2D eigenvalue weighted by Crippen LogP contribution is 2.41. The molecule has 11 heteroatoms. The zero-order valence-corrected chi connectivity index (χ0v) is 27.6. The Balaban J connectivity index is 1.63. The number of nitrogens with zero attached hydrogens (tertiary/aromatic N) is 1. The third-order valence-electron chi connectivity index (χ3n) is 7.56. The number of amides is 3. The fourth-order valence-corrected chi connectivity index (χ4v) is 6.51. The van der Waals surface area contributed by atoms with E-state index in [1.54, 1.807) is 50.0 Å². The van der Waals surface area contributed by atoms with Gasteiger partial charge in [0.2, 0.25) is 19.7 Å². The van der Waals surface area contributed by atoms with Crippen LogP contribution in [0.2, 0.25) is 0 Å². The molecule has 0 saturated carbocycles. The summed E-state index contributed by atoms with van der Waals surface area (Å²) in [6.07, 6.45) is 5.65. The first-order valence-corrected chi connectivity index (χ1v) is 17.7. The van der Waals surface area contributed by atoms with Gasteiger partial charge in [-0.05, 0) is 49.6 Å². The molecule has 0 aliphatic carbocycles. The van der Waals surface area contributed by atoms with Crippen LogP contribution < -0.4 is 15.9 Å². The van der Waals surface area contributed by atoms with Crippen molar-refractivity contribution in [2.45, 2.75) is 71.9 Å². The Morgan fingerprint density at radius 2 is 1.76 bits per heavy atom. The summed E-state index contributed by atoms with van der Waals surface area (Å²) in [5.74, 6) is -0.800. The first-order chi connectivity index (χ1) is 21.7. The van der Waals surface area contributed by atoms with Crippen LogP contribution in [0.1, 0.15) is 75.4 Å². The van der Waals surface area contributed by atoms with E-state index in [9.17, 15) is 18.9 Å². The Bertz CT molecular complexity index is 1410. The maximum absolute atomic E-state index is 13.5. The third kappa shape index (κ3) is 10.7. The summed E-state index contributed by atoms with van der Waals surface area (Å²) in [7, 11) is -2.98. The second kappa shape index (κ2) is 18.3. The lowest BCUT2D eigenvalue weighted by atomic mass is 9.90. The number of hydrogen-bond donors (Lipinski definition) is 2. The van der Waals surface area contributed by atoms with Crippen molar-refractivity contribution in [3.63, 3.8) is 0 Å². The van der Waals surface area contributed by atoms with Crippen LogP contribution in [-0.4, -0.2) is 49.3 Å². The summed E-state index contributed by atoms with van der Waals surface area (Å²) in [6.45, 7) is 7.81. The molecule has 0 spiro atoms. The lowest BCUT2D eigenvalue weighted by Crippen LogP contribution is -2.48. The van der Waals surface area contributed by atoms with Crippen molar-refractivity contribution in [2.24, 2.45) is 5.92 Å². The van der Waals surface area contributed by atoms with E-state index in [1.165, 1.54) is 5.06 Å². The van der Waals surface area contributed by atoms with Gasteiger partial charge in [0.25, 0.3) is 5.91 Å². The van der Waals surface area contributed by atoms with Crippen LogP contribution in [0.15, 0.2) is 71.1 Å². The van der Waals surface area contributed by atoms with Crippen molar-refractivity contribution in [3.05, 3.63) is 78.1 Å². The number of hydrogen-bond acceptors (Lipinski definition) is 7. The Morgan fingerprint density at radius 1 is 0.978 bits per heavy atom. The van der Waals surface area contributed by atoms with E-state index < -0.39 is 25.2 Å². The molecule has 3 amide bonds. The minimum Gasteiger partial charge on any atom is -0.451 e. The summed E-state index contributed by atoms with van der Waals surface area (Å²) in [4.78, 5) is 44.2. The fraction of sp³-hybridized carbons (Fsp3) is 0.441. The number of carbonyl (C=O) groups excluding carboxylic acids is 3. The number of unbranched alkanes of at least 4 members (excludes halogenated alkanes) is 3. The van der Waals surface area contributed by atoms with Gasteiger partial charge in [-0.25, -0.2) is 5.06 Å². The number of benzene rings is 2. The number of furan rings is 1. The molecule has 0 bridgehead atoms. The highest BCUT2D eigenvalue weighted by molar-refractivity contribution is 7.66. The third-order valence-corrected chi connectivity index (χ3v) is 9.53. The Labute approximate surface area is 266 Å². The van der Waals surface area contributed by atoms with E-state index in [2.05, 4.69) is 17.6 Å². The second-order valence-corrected chi connectivity index (χ2v) is 13.3. The molecule has 2 aromatic carbocycles. The molecule has 0 saturated heterocycles. The monoisotopic (exact) mass is 639 g/mol. The Hall–Kier alpha value is -3.72. The minimum atomic E-state index is -2.98. The molecule has 1 unspecified atom stereocenters. The summed E-state index contributed by atoms with van der Waals surface area (Å²) >= 11 is 0. The van der Waals surface area contributed by atoms with Gasteiger partial charge >= 0.3 is 0 Å². The van der Waals surface area contributed by atoms with Crippen molar-refractivity contribution in [3.8, 4) is 11.3 Å². The molecule has 0 radical (unpaired) electrons. The topological polar surface area (TPSA) is 127 Å². The predicted molar refractivity (Wildman–Crippen MR) is 175 cm³/mol. The van der Waals surface area contributed by atoms with Gasteiger partial charge in [-0.15, -0.1) is 0 Å². The molecular formula is C34H46N3O7P. The van der Waals surface area contributed by atoms with Gasteiger partial charge < -0.3 is 19.6 Å². The van der Waals surface area contributed by atoms with Crippen LogP contribution in [0.5, 0.6) is 0 Å². The zero-order valence-electron chi connectivity index (χ0n) is 26.7. The van der Waals surface area contributed by atoms with Gasteiger partial charge in [0.15, 0.2) is 5.76 Å². The van der Waals surface area contributed by atoms with Crippen molar-refractivity contribution in [1.29, 1.82) is 0 Å². The van der Waals surface area contributed by atoms with Crippen molar-refractivity contribution in [1.82, 2.24) is 15.7 Å². The molecule has 3 aromatic rings. The largest absolute Gasteiger partial charge is 0.451 e. The normalized spacial score (nSPS) is 13.8. The Kier molecular flexibility index (Phi) is 14.5. The molecule has 0 aliphatic rings. The SMILES string of the molecule is CCCCCC[C@@H](C(=O)NCNC(=O)c1ccc(-c2cccc(P(C)(=O)OCC)c2)o1)[C@@H](CC)N(C=O)OCc1ccccc1. The smallest absolute Gasteiger partial charge is 0.288 e. The molecule has 1 aromatic heterocycles. The molecule has 244 valence electrons.